The fourth-order valence-corrected chi connectivity index (χ4v) is 2.49. The van der Waals surface area contributed by atoms with E-state index in [1.54, 1.807) is 24.0 Å². The standard InChI is InChI=1S/C14H15ClN2O/c1-9(15)13(18)17-8-14(2,3)11-5-4-10(7-16)6-12(11)17/h4-6,9H,8H2,1-3H3. The van der Waals surface area contributed by atoms with Gasteiger partial charge in [-0.2, -0.15) is 5.26 Å². The molecule has 1 unspecified atom stereocenters. The number of fused-ring (bicyclic) bond motifs is 1. The molecule has 0 bridgehead atoms. The Morgan fingerprint density at radius 1 is 1.56 bits per heavy atom. The molecule has 0 aromatic heterocycles. The Morgan fingerprint density at radius 2 is 2.22 bits per heavy atom. The zero-order valence-corrected chi connectivity index (χ0v) is 11.5. The molecule has 0 saturated carbocycles. The third-order valence-corrected chi connectivity index (χ3v) is 3.49. The third kappa shape index (κ3) is 1.97. The van der Waals surface area contributed by atoms with E-state index >= 15 is 0 Å². The van der Waals surface area contributed by atoms with Crippen LogP contribution in [0.3, 0.4) is 0 Å². The number of amides is 1. The summed E-state index contributed by atoms with van der Waals surface area (Å²) in [6.07, 6.45) is 0. The number of alkyl halides is 1. The van der Waals surface area contributed by atoms with Crippen LogP contribution < -0.4 is 4.90 Å². The predicted octanol–water partition coefficient (Wildman–Crippen LogP) is 2.81. The quantitative estimate of drug-likeness (QED) is 0.731. The van der Waals surface area contributed by atoms with Crippen LogP contribution in [0.25, 0.3) is 0 Å². The van der Waals surface area contributed by atoms with Gasteiger partial charge in [0.25, 0.3) is 0 Å². The lowest BCUT2D eigenvalue weighted by Gasteiger charge is -2.21. The molecule has 0 saturated heterocycles. The number of hydrogen-bond donors (Lipinski definition) is 0. The summed E-state index contributed by atoms with van der Waals surface area (Å²) in [5, 5.41) is 8.40. The van der Waals surface area contributed by atoms with Crippen molar-refractivity contribution in [2.75, 3.05) is 11.4 Å². The lowest BCUT2D eigenvalue weighted by molar-refractivity contribution is -0.118. The maximum absolute atomic E-state index is 12.1. The van der Waals surface area contributed by atoms with Gasteiger partial charge < -0.3 is 4.90 Å². The molecule has 0 aliphatic carbocycles. The van der Waals surface area contributed by atoms with Crippen molar-refractivity contribution < 1.29 is 4.79 Å². The summed E-state index contributed by atoms with van der Waals surface area (Å²) in [7, 11) is 0. The highest BCUT2D eigenvalue weighted by Gasteiger charge is 2.38. The Hall–Kier alpha value is -1.53. The van der Waals surface area contributed by atoms with Gasteiger partial charge in [-0.1, -0.05) is 19.9 Å². The van der Waals surface area contributed by atoms with Gasteiger partial charge in [-0.25, -0.2) is 0 Å². The monoisotopic (exact) mass is 262 g/mol. The summed E-state index contributed by atoms with van der Waals surface area (Å²) in [6, 6.07) is 7.59. The van der Waals surface area contributed by atoms with Gasteiger partial charge in [0.2, 0.25) is 5.91 Å². The lowest BCUT2D eigenvalue weighted by atomic mass is 9.87. The number of nitrogens with zero attached hydrogens (tertiary/aromatic N) is 2. The molecule has 0 N–H and O–H groups in total. The maximum atomic E-state index is 12.1. The first-order valence-corrected chi connectivity index (χ1v) is 6.30. The molecule has 1 amide bonds. The molecule has 4 heteroatoms. The smallest absolute Gasteiger partial charge is 0.244 e. The number of rotatable bonds is 1. The van der Waals surface area contributed by atoms with Gasteiger partial charge in [-0.15, -0.1) is 11.6 Å². The summed E-state index contributed by atoms with van der Waals surface area (Å²) in [5.74, 6) is -0.112. The van der Waals surface area contributed by atoms with Crippen LogP contribution in [-0.2, 0) is 10.2 Å². The molecule has 1 aliphatic rings. The van der Waals surface area contributed by atoms with Gasteiger partial charge >= 0.3 is 0 Å². The second-order valence-corrected chi connectivity index (χ2v) is 5.92. The average Bonchev–Trinajstić information content (AvgIpc) is 2.60. The summed E-state index contributed by atoms with van der Waals surface area (Å²) in [5.41, 5.74) is 2.36. The van der Waals surface area contributed by atoms with Crippen LogP contribution in [0.4, 0.5) is 5.69 Å². The van der Waals surface area contributed by atoms with E-state index in [0.29, 0.717) is 12.1 Å². The molecule has 1 heterocycles. The van der Waals surface area contributed by atoms with Crippen LogP contribution in [0.1, 0.15) is 31.9 Å². The third-order valence-electron chi connectivity index (χ3n) is 3.31. The number of carbonyl (C=O) groups excluding carboxylic acids is 1. The van der Waals surface area contributed by atoms with Crippen LogP contribution in [0.2, 0.25) is 0 Å². The van der Waals surface area contributed by atoms with Gasteiger partial charge in [0.15, 0.2) is 0 Å². The Labute approximate surface area is 112 Å². The van der Waals surface area contributed by atoms with E-state index in [4.69, 9.17) is 16.9 Å². The molecule has 2 rings (SSSR count). The van der Waals surface area contributed by atoms with E-state index in [0.717, 1.165) is 11.3 Å². The predicted molar refractivity (Wildman–Crippen MR) is 71.9 cm³/mol. The van der Waals surface area contributed by atoms with E-state index in [1.165, 1.54) is 0 Å². The number of anilines is 1. The highest BCUT2D eigenvalue weighted by Crippen LogP contribution is 2.41. The first-order valence-electron chi connectivity index (χ1n) is 5.87. The van der Waals surface area contributed by atoms with Crippen molar-refractivity contribution in [1.29, 1.82) is 5.26 Å². The van der Waals surface area contributed by atoms with E-state index in [-0.39, 0.29) is 11.3 Å². The summed E-state index contributed by atoms with van der Waals surface area (Å²) in [6.45, 7) is 6.45. The minimum atomic E-state index is -0.558. The van der Waals surface area contributed by atoms with Crippen LogP contribution in [-0.4, -0.2) is 17.8 Å². The van der Waals surface area contributed by atoms with Crippen LogP contribution in [0.15, 0.2) is 18.2 Å². The molecule has 0 spiro atoms. The fourth-order valence-electron chi connectivity index (χ4n) is 2.37. The summed E-state index contributed by atoms with van der Waals surface area (Å²) < 4.78 is 0. The normalized spacial score (nSPS) is 18.1. The van der Waals surface area contributed by atoms with Gasteiger partial charge in [0.05, 0.1) is 11.6 Å². The number of nitriles is 1. The van der Waals surface area contributed by atoms with E-state index in [2.05, 4.69) is 19.9 Å². The van der Waals surface area contributed by atoms with Crippen molar-refractivity contribution in [2.45, 2.75) is 31.6 Å². The highest BCUT2D eigenvalue weighted by molar-refractivity contribution is 6.32. The molecule has 1 aromatic carbocycles. The first-order chi connectivity index (χ1) is 8.36. The molecule has 94 valence electrons. The van der Waals surface area contributed by atoms with Crippen molar-refractivity contribution in [3.05, 3.63) is 29.3 Å². The van der Waals surface area contributed by atoms with Gasteiger partial charge in [0.1, 0.15) is 5.38 Å². The van der Waals surface area contributed by atoms with Gasteiger partial charge in [0, 0.05) is 17.6 Å². The second kappa shape index (κ2) is 4.29. The minimum absolute atomic E-state index is 0.106. The highest BCUT2D eigenvalue weighted by atomic mass is 35.5. The maximum Gasteiger partial charge on any atom is 0.244 e. The van der Waals surface area contributed by atoms with Crippen molar-refractivity contribution in [2.24, 2.45) is 0 Å². The number of halogens is 1. The molecule has 0 fully saturated rings. The molecule has 1 aromatic rings. The largest absolute Gasteiger partial charge is 0.310 e. The van der Waals surface area contributed by atoms with E-state index in [9.17, 15) is 4.79 Å². The molecule has 1 aliphatic heterocycles. The Balaban J connectivity index is 2.53. The SMILES string of the molecule is CC(Cl)C(=O)N1CC(C)(C)c2ccc(C#N)cc21. The average molecular weight is 263 g/mol. The van der Waals surface area contributed by atoms with Crippen molar-refractivity contribution >= 4 is 23.2 Å². The van der Waals surface area contributed by atoms with E-state index in [1.807, 2.05) is 6.07 Å². The Kier molecular flexibility index (Phi) is 3.08. The lowest BCUT2D eigenvalue weighted by Crippen LogP contribution is -2.37. The number of carbonyl (C=O) groups is 1. The van der Waals surface area contributed by atoms with Crippen LogP contribution >= 0.6 is 11.6 Å². The Bertz CT molecular complexity index is 543. The molecular formula is C14H15ClN2O. The fraction of sp³-hybridized carbons (Fsp3) is 0.429. The summed E-state index contributed by atoms with van der Waals surface area (Å²) in [4.78, 5) is 13.8. The van der Waals surface area contributed by atoms with Crippen LogP contribution in [0, 0.1) is 11.3 Å². The minimum Gasteiger partial charge on any atom is -0.310 e. The zero-order valence-electron chi connectivity index (χ0n) is 10.7. The molecule has 1 atom stereocenters. The Morgan fingerprint density at radius 3 is 2.78 bits per heavy atom. The number of benzene rings is 1. The van der Waals surface area contributed by atoms with E-state index < -0.39 is 5.38 Å². The van der Waals surface area contributed by atoms with Gasteiger partial charge in [-0.05, 0) is 24.6 Å². The second-order valence-electron chi connectivity index (χ2n) is 5.27. The zero-order chi connectivity index (χ0) is 13.5. The van der Waals surface area contributed by atoms with Crippen LogP contribution in [0.5, 0.6) is 0 Å². The molecule has 18 heavy (non-hydrogen) atoms. The van der Waals surface area contributed by atoms with Gasteiger partial charge in [-0.3, -0.25) is 4.79 Å². The van der Waals surface area contributed by atoms with Crippen molar-refractivity contribution in [3.8, 4) is 6.07 Å². The van der Waals surface area contributed by atoms with Crippen molar-refractivity contribution in [3.63, 3.8) is 0 Å². The molecule has 3 nitrogen and oxygen atoms in total. The summed E-state index contributed by atoms with van der Waals surface area (Å²) >= 11 is 5.89. The molecular weight excluding hydrogens is 248 g/mol. The molecule has 0 radical (unpaired) electrons. The first kappa shape index (κ1) is 12.9. The number of hydrogen-bond acceptors (Lipinski definition) is 2. The van der Waals surface area contributed by atoms with Crippen molar-refractivity contribution in [1.82, 2.24) is 0 Å². The topological polar surface area (TPSA) is 44.1 Å².